The molecule has 0 saturated carbocycles. The second kappa shape index (κ2) is 9.94. The number of hydrogen-bond donors (Lipinski definition) is 1. The first kappa shape index (κ1) is 20.7. The molecule has 0 fully saturated rings. The summed E-state index contributed by atoms with van der Waals surface area (Å²) in [6.07, 6.45) is 3.30. The van der Waals surface area contributed by atoms with Crippen LogP contribution in [0.1, 0.15) is 34.7 Å². The van der Waals surface area contributed by atoms with Gasteiger partial charge in [-0.3, -0.25) is 4.79 Å². The van der Waals surface area contributed by atoms with Gasteiger partial charge in [-0.1, -0.05) is 66.7 Å². The first-order chi connectivity index (χ1) is 15.2. The second-order valence-electron chi connectivity index (χ2n) is 7.56. The average Bonchev–Trinajstić information content (AvgIpc) is 3.29. The Bertz CT molecular complexity index is 994. The molecule has 5 heteroatoms. The number of carbonyl (C=O) groups is 2. The summed E-state index contributed by atoms with van der Waals surface area (Å²) in [5.74, 6) is -0.300. The monoisotopic (exact) mass is 415 g/mol. The van der Waals surface area contributed by atoms with E-state index >= 15 is 0 Å². The number of ether oxygens (including phenoxy) is 2. The van der Waals surface area contributed by atoms with Crippen molar-refractivity contribution in [2.24, 2.45) is 0 Å². The molecule has 1 aliphatic carbocycles. The van der Waals surface area contributed by atoms with E-state index in [1.54, 1.807) is 0 Å². The zero-order chi connectivity index (χ0) is 21.5. The Morgan fingerprint density at radius 2 is 1.45 bits per heavy atom. The van der Waals surface area contributed by atoms with Gasteiger partial charge in [0.25, 0.3) is 5.91 Å². The van der Waals surface area contributed by atoms with Crippen LogP contribution in [0.4, 0.5) is 0 Å². The molecule has 1 amide bonds. The van der Waals surface area contributed by atoms with Crippen LogP contribution in [0.15, 0.2) is 78.9 Å². The molecular formula is C26H25NO4. The summed E-state index contributed by atoms with van der Waals surface area (Å²) in [5.41, 5.74) is 4.53. The molecule has 0 aromatic heterocycles. The van der Waals surface area contributed by atoms with Crippen LogP contribution < -0.4 is 10.1 Å². The molecule has 3 aromatic rings. The molecule has 0 heterocycles. The van der Waals surface area contributed by atoms with Crippen LogP contribution in [0.2, 0.25) is 0 Å². The standard InChI is InChI=1S/C26H25NO4/c28-24(27-26(20-8-3-1-4-9-20)21-10-5-2-6-11-21)17-31-25(29)18-30-23-15-14-19-12-7-13-22(19)16-23/h1-6,8-11,14-16,26H,7,12-13,17-18H2,(H,27,28). The van der Waals surface area contributed by atoms with Gasteiger partial charge in [0.2, 0.25) is 0 Å². The van der Waals surface area contributed by atoms with Crippen LogP contribution in [0, 0.1) is 0 Å². The number of fused-ring (bicyclic) bond motifs is 1. The summed E-state index contributed by atoms with van der Waals surface area (Å²) in [6, 6.07) is 24.9. The lowest BCUT2D eigenvalue weighted by molar-refractivity contribution is -0.150. The van der Waals surface area contributed by atoms with Gasteiger partial charge >= 0.3 is 5.97 Å². The Balaban J connectivity index is 1.29. The maximum Gasteiger partial charge on any atom is 0.344 e. The molecule has 0 aliphatic heterocycles. The molecule has 158 valence electrons. The normalized spacial score (nSPS) is 12.3. The molecule has 4 rings (SSSR count). The predicted molar refractivity (Wildman–Crippen MR) is 118 cm³/mol. The van der Waals surface area contributed by atoms with Gasteiger partial charge in [-0.2, -0.15) is 0 Å². The van der Waals surface area contributed by atoms with E-state index in [1.807, 2.05) is 78.9 Å². The Morgan fingerprint density at radius 3 is 2.13 bits per heavy atom. The molecule has 0 radical (unpaired) electrons. The predicted octanol–water partition coefficient (Wildman–Crippen LogP) is 4.00. The van der Waals surface area contributed by atoms with Crippen LogP contribution >= 0.6 is 0 Å². The van der Waals surface area contributed by atoms with E-state index in [2.05, 4.69) is 5.32 Å². The van der Waals surface area contributed by atoms with E-state index in [-0.39, 0.29) is 25.2 Å². The van der Waals surface area contributed by atoms with Gasteiger partial charge in [-0.25, -0.2) is 4.79 Å². The van der Waals surface area contributed by atoms with Gasteiger partial charge in [0.15, 0.2) is 13.2 Å². The fraction of sp³-hybridized carbons (Fsp3) is 0.231. The van der Waals surface area contributed by atoms with Crippen LogP contribution in [0.5, 0.6) is 5.75 Å². The van der Waals surface area contributed by atoms with Crippen molar-refractivity contribution in [3.8, 4) is 5.75 Å². The quantitative estimate of drug-likeness (QED) is 0.565. The molecule has 5 nitrogen and oxygen atoms in total. The molecule has 1 N–H and O–H groups in total. The zero-order valence-corrected chi connectivity index (χ0v) is 17.3. The van der Waals surface area contributed by atoms with Gasteiger partial charge in [0.05, 0.1) is 6.04 Å². The van der Waals surface area contributed by atoms with Crippen LogP contribution in [0.25, 0.3) is 0 Å². The van der Waals surface area contributed by atoms with E-state index in [1.165, 1.54) is 11.1 Å². The third kappa shape index (κ3) is 5.51. The molecule has 31 heavy (non-hydrogen) atoms. The van der Waals surface area contributed by atoms with Gasteiger partial charge in [-0.15, -0.1) is 0 Å². The molecule has 3 aromatic carbocycles. The van der Waals surface area contributed by atoms with Gasteiger partial charge in [-0.05, 0) is 53.6 Å². The Kier molecular flexibility index (Phi) is 6.62. The highest BCUT2D eigenvalue weighted by Gasteiger charge is 2.18. The molecule has 0 spiro atoms. The summed E-state index contributed by atoms with van der Waals surface area (Å²) in [4.78, 5) is 24.5. The van der Waals surface area contributed by atoms with Gasteiger partial charge < -0.3 is 14.8 Å². The lowest BCUT2D eigenvalue weighted by atomic mass is 9.99. The van der Waals surface area contributed by atoms with Crippen molar-refractivity contribution in [3.05, 3.63) is 101 Å². The Morgan fingerprint density at radius 1 is 0.806 bits per heavy atom. The fourth-order valence-electron chi connectivity index (χ4n) is 3.82. The van der Waals surface area contributed by atoms with Crippen LogP contribution in [-0.4, -0.2) is 25.1 Å². The van der Waals surface area contributed by atoms with Crippen molar-refractivity contribution >= 4 is 11.9 Å². The molecule has 0 atom stereocenters. The summed E-state index contributed by atoms with van der Waals surface area (Å²) in [6.45, 7) is -0.588. The zero-order valence-electron chi connectivity index (χ0n) is 17.3. The number of carbonyl (C=O) groups excluding carboxylic acids is 2. The summed E-state index contributed by atoms with van der Waals surface area (Å²) >= 11 is 0. The van der Waals surface area contributed by atoms with Crippen molar-refractivity contribution < 1.29 is 19.1 Å². The molecule has 1 aliphatic rings. The number of benzene rings is 3. The van der Waals surface area contributed by atoms with Crippen molar-refractivity contribution in [3.63, 3.8) is 0 Å². The first-order valence-corrected chi connectivity index (χ1v) is 10.5. The maximum absolute atomic E-state index is 12.5. The van der Waals surface area contributed by atoms with Crippen molar-refractivity contribution in [1.29, 1.82) is 0 Å². The Hall–Kier alpha value is -3.60. The number of hydrogen-bond acceptors (Lipinski definition) is 4. The summed E-state index contributed by atoms with van der Waals surface area (Å²) in [7, 11) is 0. The van der Waals surface area contributed by atoms with E-state index < -0.39 is 5.97 Å². The molecular weight excluding hydrogens is 390 g/mol. The molecule has 0 bridgehead atoms. The second-order valence-corrected chi connectivity index (χ2v) is 7.56. The van der Waals surface area contributed by atoms with Gasteiger partial charge in [0.1, 0.15) is 5.75 Å². The number of rotatable bonds is 8. The SMILES string of the molecule is O=C(COC(=O)COc1ccc2c(c1)CCC2)NC(c1ccccc1)c1ccccc1. The summed E-state index contributed by atoms with van der Waals surface area (Å²) < 4.78 is 10.7. The topological polar surface area (TPSA) is 64.6 Å². The van der Waals surface area contributed by atoms with E-state index in [4.69, 9.17) is 9.47 Å². The number of amides is 1. The minimum Gasteiger partial charge on any atom is -0.482 e. The van der Waals surface area contributed by atoms with Crippen molar-refractivity contribution in [1.82, 2.24) is 5.32 Å². The Labute approximate surface area is 182 Å². The first-order valence-electron chi connectivity index (χ1n) is 10.5. The number of nitrogens with one attached hydrogen (secondary N) is 1. The highest BCUT2D eigenvalue weighted by molar-refractivity contribution is 5.81. The lowest BCUT2D eigenvalue weighted by Crippen LogP contribution is -2.33. The van der Waals surface area contributed by atoms with E-state index in [9.17, 15) is 9.59 Å². The largest absolute Gasteiger partial charge is 0.482 e. The minimum atomic E-state index is -0.577. The van der Waals surface area contributed by atoms with Crippen LogP contribution in [0.3, 0.4) is 0 Å². The average molecular weight is 415 g/mol. The lowest BCUT2D eigenvalue weighted by Gasteiger charge is -2.20. The molecule has 0 saturated heterocycles. The third-order valence-corrected chi connectivity index (χ3v) is 5.36. The van der Waals surface area contributed by atoms with E-state index in [0.29, 0.717) is 5.75 Å². The smallest absolute Gasteiger partial charge is 0.344 e. The fourth-order valence-corrected chi connectivity index (χ4v) is 3.82. The summed E-state index contributed by atoms with van der Waals surface area (Å²) in [5, 5.41) is 2.95. The van der Waals surface area contributed by atoms with Crippen molar-refractivity contribution in [2.45, 2.75) is 25.3 Å². The molecule has 0 unspecified atom stereocenters. The highest BCUT2D eigenvalue weighted by Crippen LogP contribution is 2.26. The van der Waals surface area contributed by atoms with E-state index in [0.717, 1.165) is 30.4 Å². The van der Waals surface area contributed by atoms with Crippen LogP contribution in [-0.2, 0) is 27.2 Å². The third-order valence-electron chi connectivity index (χ3n) is 5.36. The maximum atomic E-state index is 12.5. The highest BCUT2D eigenvalue weighted by atomic mass is 16.6. The minimum absolute atomic E-state index is 0.229. The van der Waals surface area contributed by atoms with Crippen molar-refractivity contribution in [2.75, 3.05) is 13.2 Å². The van der Waals surface area contributed by atoms with Gasteiger partial charge in [0, 0.05) is 0 Å². The number of esters is 1. The number of aryl methyl sites for hydroxylation is 2.